The van der Waals surface area contributed by atoms with Crippen molar-refractivity contribution in [2.24, 2.45) is 5.73 Å². The van der Waals surface area contributed by atoms with E-state index < -0.39 is 0 Å². The second-order valence-corrected chi connectivity index (χ2v) is 2.36. The van der Waals surface area contributed by atoms with Crippen LogP contribution < -0.4 is 5.73 Å². The fourth-order valence-corrected chi connectivity index (χ4v) is 1.02. The molecule has 0 aromatic carbocycles. The van der Waals surface area contributed by atoms with E-state index in [1.165, 1.54) is 0 Å². The maximum atomic E-state index is 8.76. The molecule has 3 N–H and O–H groups in total. The van der Waals surface area contributed by atoms with E-state index in [-0.39, 0.29) is 12.6 Å². The molecule has 62 valence electrons. The van der Waals surface area contributed by atoms with Gasteiger partial charge in [-0.3, -0.25) is 4.68 Å². The molecule has 1 aromatic heterocycles. The summed E-state index contributed by atoms with van der Waals surface area (Å²) in [6.07, 6.45) is 1.69. The highest BCUT2D eigenvalue weighted by atomic mass is 16.3. The lowest BCUT2D eigenvalue weighted by atomic mass is 10.2. The van der Waals surface area contributed by atoms with Crippen LogP contribution in [0.15, 0.2) is 12.3 Å². The first-order valence-electron chi connectivity index (χ1n) is 3.67. The summed E-state index contributed by atoms with van der Waals surface area (Å²) in [5.41, 5.74) is 6.49. The molecule has 1 atom stereocenters. The molecule has 11 heavy (non-hydrogen) atoms. The molecule has 1 aromatic rings. The van der Waals surface area contributed by atoms with E-state index in [1.807, 2.05) is 13.0 Å². The smallest absolute Gasteiger partial charge is 0.0701 e. The van der Waals surface area contributed by atoms with Crippen LogP contribution in [0.3, 0.4) is 0 Å². The molecule has 4 heteroatoms. The Morgan fingerprint density at radius 2 is 2.55 bits per heavy atom. The molecule has 0 aliphatic carbocycles. The first-order chi connectivity index (χ1) is 5.29. The molecule has 0 unspecified atom stereocenters. The van der Waals surface area contributed by atoms with Gasteiger partial charge in [0.1, 0.15) is 0 Å². The van der Waals surface area contributed by atoms with Crippen molar-refractivity contribution in [1.29, 1.82) is 0 Å². The van der Waals surface area contributed by atoms with Crippen molar-refractivity contribution in [2.75, 3.05) is 6.61 Å². The van der Waals surface area contributed by atoms with Crippen LogP contribution in [0.2, 0.25) is 0 Å². The lowest BCUT2D eigenvalue weighted by Gasteiger charge is -2.09. The number of nitrogens with zero attached hydrogens (tertiary/aromatic N) is 2. The van der Waals surface area contributed by atoms with Crippen LogP contribution >= 0.6 is 0 Å². The Kier molecular flexibility index (Phi) is 2.62. The van der Waals surface area contributed by atoms with Gasteiger partial charge in [0.05, 0.1) is 18.3 Å². The highest BCUT2D eigenvalue weighted by Crippen LogP contribution is 2.07. The van der Waals surface area contributed by atoms with Crippen molar-refractivity contribution >= 4 is 0 Å². The molecule has 0 fully saturated rings. The van der Waals surface area contributed by atoms with Crippen molar-refractivity contribution in [2.45, 2.75) is 19.5 Å². The molecule has 0 saturated heterocycles. The monoisotopic (exact) mass is 155 g/mol. The zero-order chi connectivity index (χ0) is 8.27. The van der Waals surface area contributed by atoms with Crippen molar-refractivity contribution in [3.05, 3.63) is 18.0 Å². The number of aromatic nitrogens is 2. The summed E-state index contributed by atoms with van der Waals surface area (Å²) in [5, 5.41) is 12.8. The molecule has 1 heterocycles. The van der Waals surface area contributed by atoms with Crippen molar-refractivity contribution in [3.63, 3.8) is 0 Å². The van der Waals surface area contributed by atoms with Crippen molar-refractivity contribution < 1.29 is 5.11 Å². The highest BCUT2D eigenvalue weighted by Gasteiger charge is 2.08. The van der Waals surface area contributed by atoms with Gasteiger partial charge in [0, 0.05) is 12.7 Å². The molecule has 0 saturated carbocycles. The van der Waals surface area contributed by atoms with Gasteiger partial charge >= 0.3 is 0 Å². The number of hydrogen-bond acceptors (Lipinski definition) is 3. The Balaban J connectivity index is 2.83. The summed E-state index contributed by atoms with van der Waals surface area (Å²) in [6, 6.07) is 1.52. The van der Waals surface area contributed by atoms with Gasteiger partial charge in [-0.15, -0.1) is 0 Å². The summed E-state index contributed by atoms with van der Waals surface area (Å²) in [7, 11) is 0. The maximum Gasteiger partial charge on any atom is 0.0701 e. The number of aliphatic hydroxyl groups is 1. The number of aliphatic hydroxyl groups excluding tert-OH is 1. The first-order valence-corrected chi connectivity index (χ1v) is 3.67. The fraction of sp³-hybridized carbons (Fsp3) is 0.571. The molecule has 0 spiro atoms. The van der Waals surface area contributed by atoms with E-state index in [4.69, 9.17) is 10.8 Å². The van der Waals surface area contributed by atoms with Gasteiger partial charge in [-0.25, -0.2) is 0 Å². The Bertz CT molecular complexity index is 221. The van der Waals surface area contributed by atoms with E-state index in [1.54, 1.807) is 10.9 Å². The Hall–Kier alpha value is -0.870. The van der Waals surface area contributed by atoms with Crippen LogP contribution in [-0.4, -0.2) is 21.5 Å². The summed E-state index contributed by atoms with van der Waals surface area (Å²) in [4.78, 5) is 0. The van der Waals surface area contributed by atoms with Gasteiger partial charge in [0.15, 0.2) is 0 Å². The second kappa shape index (κ2) is 3.50. The molecular formula is C7H13N3O. The molecular weight excluding hydrogens is 142 g/mol. The minimum atomic E-state index is -0.308. The van der Waals surface area contributed by atoms with E-state index in [2.05, 4.69) is 5.10 Å². The average molecular weight is 155 g/mol. The topological polar surface area (TPSA) is 64.1 Å². The summed E-state index contributed by atoms with van der Waals surface area (Å²) in [6.45, 7) is 2.74. The van der Waals surface area contributed by atoms with Gasteiger partial charge in [-0.2, -0.15) is 5.10 Å². The van der Waals surface area contributed by atoms with E-state index in [0.29, 0.717) is 0 Å². The summed E-state index contributed by atoms with van der Waals surface area (Å²) < 4.78 is 1.78. The van der Waals surface area contributed by atoms with Crippen molar-refractivity contribution in [1.82, 2.24) is 9.78 Å². The van der Waals surface area contributed by atoms with Gasteiger partial charge in [0.25, 0.3) is 0 Å². The Morgan fingerprint density at radius 1 is 1.82 bits per heavy atom. The molecule has 0 aliphatic heterocycles. The average Bonchev–Trinajstić information content (AvgIpc) is 2.50. The Morgan fingerprint density at radius 3 is 3.09 bits per heavy atom. The van der Waals surface area contributed by atoms with Gasteiger partial charge in [-0.1, -0.05) is 0 Å². The minimum Gasteiger partial charge on any atom is -0.394 e. The largest absolute Gasteiger partial charge is 0.394 e. The maximum absolute atomic E-state index is 8.76. The molecule has 4 nitrogen and oxygen atoms in total. The summed E-state index contributed by atoms with van der Waals surface area (Å²) >= 11 is 0. The van der Waals surface area contributed by atoms with Gasteiger partial charge < -0.3 is 10.8 Å². The van der Waals surface area contributed by atoms with E-state index >= 15 is 0 Å². The summed E-state index contributed by atoms with van der Waals surface area (Å²) in [5.74, 6) is 0. The van der Waals surface area contributed by atoms with Gasteiger partial charge in [-0.05, 0) is 13.0 Å². The molecule has 0 amide bonds. The number of hydrogen-bond donors (Lipinski definition) is 2. The molecule has 0 bridgehead atoms. The van der Waals surface area contributed by atoms with Crippen LogP contribution in [-0.2, 0) is 6.54 Å². The molecule has 0 radical (unpaired) electrons. The third-order valence-electron chi connectivity index (χ3n) is 1.63. The van der Waals surface area contributed by atoms with Gasteiger partial charge in [0.2, 0.25) is 0 Å². The highest BCUT2D eigenvalue weighted by molar-refractivity contribution is 5.05. The fourth-order valence-electron chi connectivity index (χ4n) is 1.02. The number of rotatable bonds is 3. The van der Waals surface area contributed by atoms with Crippen LogP contribution in [0.4, 0.5) is 0 Å². The minimum absolute atomic E-state index is 0.0360. The third-order valence-corrected chi connectivity index (χ3v) is 1.63. The zero-order valence-corrected chi connectivity index (χ0v) is 6.57. The predicted molar refractivity (Wildman–Crippen MR) is 41.9 cm³/mol. The first kappa shape index (κ1) is 8.23. The SMILES string of the molecule is CCn1nccc1[C@@H](N)CO. The van der Waals surface area contributed by atoms with Crippen molar-refractivity contribution in [3.8, 4) is 0 Å². The molecule has 1 rings (SSSR count). The van der Waals surface area contributed by atoms with E-state index in [9.17, 15) is 0 Å². The van der Waals surface area contributed by atoms with E-state index in [0.717, 1.165) is 12.2 Å². The third kappa shape index (κ3) is 1.58. The Labute approximate surface area is 65.6 Å². The lowest BCUT2D eigenvalue weighted by molar-refractivity contribution is 0.262. The predicted octanol–water partition coefficient (Wildman–Crippen LogP) is -0.105. The van der Waals surface area contributed by atoms with Crippen LogP contribution in [0.5, 0.6) is 0 Å². The standard InChI is InChI=1S/C7H13N3O/c1-2-10-7(3-4-9-10)6(8)5-11/h3-4,6,11H,2,5,8H2,1H3/t6-/m0/s1. The quantitative estimate of drug-likeness (QED) is 0.640. The number of aryl methyl sites for hydroxylation is 1. The normalized spacial score (nSPS) is 13.4. The molecule has 0 aliphatic rings. The zero-order valence-electron chi connectivity index (χ0n) is 6.57. The second-order valence-electron chi connectivity index (χ2n) is 2.36. The lowest BCUT2D eigenvalue weighted by Crippen LogP contribution is -2.19. The van der Waals surface area contributed by atoms with Crippen LogP contribution in [0, 0.1) is 0 Å². The number of nitrogens with two attached hydrogens (primary N) is 1. The van der Waals surface area contributed by atoms with Crippen LogP contribution in [0.1, 0.15) is 18.7 Å². The van der Waals surface area contributed by atoms with Crippen LogP contribution in [0.25, 0.3) is 0 Å².